The van der Waals surface area contributed by atoms with E-state index in [1.54, 1.807) is 20.8 Å². The Labute approximate surface area is 449 Å². The number of ether oxygens (including phenoxy) is 3. The number of hydrogen-bond acceptors (Lipinski definition) is 12. The van der Waals surface area contributed by atoms with E-state index in [1.165, 1.54) is 33.4 Å². The first kappa shape index (κ1) is 67.6. The summed E-state index contributed by atoms with van der Waals surface area (Å²) < 4.78 is 15.7. The van der Waals surface area contributed by atoms with Gasteiger partial charge in [-0.2, -0.15) is 0 Å². The van der Waals surface area contributed by atoms with Crippen LogP contribution in [-0.4, -0.2) is 161 Å². The summed E-state index contributed by atoms with van der Waals surface area (Å²) in [7, 11) is 0. The van der Waals surface area contributed by atoms with E-state index in [4.69, 9.17) is 14.2 Å². The second-order valence-corrected chi connectivity index (χ2v) is 20.4. The second kappa shape index (κ2) is 43.8. The van der Waals surface area contributed by atoms with Crippen molar-refractivity contribution in [2.75, 3.05) is 111 Å². The van der Waals surface area contributed by atoms with E-state index in [0.29, 0.717) is 71.9 Å². The van der Waals surface area contributed by atoms with Crippen molar-refractivity contribution in [3.8, 4) is 0 Å². The maximum atomic E-state index is 13.2. The minimum atomic E-state index is -0.324. The lowest BCUT2D eigenvalue weighted by molar-refractivity contribution is -0.146. The summed E-state index contributed by atoms with van der Waals surface area (Å²) in [6.07, 6.45) is 30.1. The highest BCUT2D eigenvalue weighted by Crippen LogP contribution is 2.16. The number of rotatable bonds is 36. The fourth-order valence-corrected chi connectivity index (χ4v) is 8.49. The fourth-order valence-electron chi connectivity index (χ4n) is 8.49. The third-order valence-corrected chi connectivity index (χ3v) is 13.1. The maximum absolute atomic E-state index is 13.2. The van der Waals surface area contributed by atoms with Gasteiger partial charge in [0.15, 0.2) is 0 Å². The molecule has 1 aliphatic rings. The molecule has 0 saturated carbocycles. The van der Waals surface area contributed by atoms with Gasteiger partial charge < -0.3 is 24.8 Å². The average Bonchev–Trinajstić information content (AvgIpc) is 3.33. The first-order valence-electron chi connectivity index (χ1n) is 28.3. The molecule has 1 saturated heterocycles. The summed E-state index contributed by atoms with van der Waals surface area (Å²) in [5, 5.41) is 6.15. The predicted octanol–water partition coefficient (Wildman–Crippen LogP) is 10.1. The van der Waals surface area contributed by atoms with Gasteiger partial charge in [-0.25, -0.2) is 0 Å². The Morgan fingerprint density at radius 3 is 1.00 bits per heavy atom. The largest absolute Gasteiger partial charge is 0.465 e. The standard InChI is InChI=1S/C60H104N6O8/c1-11-72-58(69)47-64-40-38-63(39-41-65(48-59(70)73-12-2)43-45-66(44-42-64)49-60(71)74-13-3)46-57(68)62-37-19-15-14-18-36-61-56(67)35-34-55(10)33-23-32-54(9)31-22-29-52(7)26-17-16-25-51(6)28-21-30-53(8)27-20-24-50(4)5/h24-26,30-31,33H,11-23,27-29,32,34-49H2,1-10H3,(H,61,67)(H,62,68)/b51-25+,52-26+,53-30+,54-31+,55-33+. The van der Waals surface area contributed by atoms with Crippen molar-refractivity contribution in [2.45, 2.75) is 172 Å². The molecule has 14 heteroatoms. The molecule has 1 fully saturated rings. The van der Waals surface area contributed by atoms with E-state index in [2.05, 4.69) is 100 Å². The van der Waals surface area contributed by atoms with Crippen LogP contribution in [0.3, 0.4) is 0 Å². The molecule has 1 rings (SSSR count). The number of amides is 2. The molecule has 0 aliphatic carbocycles. The average molecular weight is 1040 g/mol. The van der Waals surface area contributed by atoms with Crippen molar-refractivity contribution in [1.29, 1.82) is 0 Å². The number of nitrogens with zero attached hydrogens (tertiary/aromatic N) is 4. The predicted molar refractivity (Wildman–Crippen MR) is 304 cm³/mol. The topological polar surface area (TPSA) is 150 Å². The number of hydrogen-bond donors (Lipinski definition) is 2. The van der Waals surface area contributed by atoms with Crippen LogP contribution in [0.2, 0.25) is 0 Å². The second-order valence-electron chi connectivity index (χ2n) is 20.4. The molecule has 2 N–H and O–H groups in total. The Kier molecular flexibility index (Phi) is 40.1. The van der Waals surface area contributed by atoms with Crippen LogP contribution in [0.15, 0.2) is 69.9 Å². The van der Waals surface area contributed by atoms with Crippen LogP contribution < -0.4 is 10.6 Å². The molecule has 1 heterocycles. The lowest BCUT2D eigenvalue weighted by Gasteiger charge is -2.33. The molecule has 0 aromatic heterocycles. The van der Waals surface area contributed by atoms with Gasteiger partial charge in [-0.05, 0) is 153 Å². The summed E-state index contributed by atoms with van der Waals surface area (Å²) in [6, 6.07) is 0. The van der Waals surface area contributed by atoms with Crippen LogP contribution in [0.4, 0.5) is 0 Å². The summed E-state index contributed by atoms with van der Waals surface area (Å²) in [4.78, 5) is 71.3. The van der Waals surface area contributed by atoms with Crippen LogP contribution in [-0.2, 0) is 38.2 Å². The Morgan fingerprint density at radius 1 is 0.365 bits per heavy atom. The number of carbonyl (C=O) groups is 5. The highest BCUT2D eigenvalue weighted by molar-refractivity contribution is 5.78. The van der Waals surface area contributed by atoms with Crippen LogP contribution in [0.5, 0.6) is 0 Å². The Hall–Kier alpha value is -4.37. The maximum Gasteiger partial charge on any atom is 0.320 e. The molecular weight excluding hydrogens is 933 g/mol. The Bertz CT molecular complexity index is 1760. The molecule has 422 valence electrons. The number of esters is 3. The fraction of sp³-hybridized carbons (Fsp3) is 0.717. The Morgan fingerprint density at radius 2 is 0.662 bits per heavy atom. The lowest BCUT2D eigenvalue weighted by Crippen LogP contribution is -2.50. The van der Waals surface area contributed by atoms with Crippen LogP contribution in [0.1, 0.15) is 172 Å². The number of nitrogens with one attached hydrogen (secondary N) is 2. The lowest BCUT2D eigenvalue weighted by atomic mass is 10.0. The smallest absolute Gasteiger partial charge is 0.320 e. The molecule has 74 heavy (non-hydrogen) atoms. The molecule has 0 spiro atoms. The summed E-state index contributed by atoms with van der Waals surface area (Å²) in [6.45, 7) is 27.4. The van der Waals surface area contributed by atoms with E-state index in [1.807, 2.05) is 14.7 Å². The first-order chi connectivity index (χ1) is 35.5. The monoisotopic (exact) mass is 1040 g/mol. The number of allylic oxidation sites excluding steroid dienone is 12. The zero-order valence-corrected chi connectivity index (χ0v) is 48.4. The molecule has 1 aliphatic heterocycles. The first-order valence-corrected chi connectivity index (χ1v) is 28.3. The highest BCUT2D eigenvalue weighted by atomic mass is 16.5. The summed E-state index contributed by atoms with van der Waals surface area (Å²) in [5.74, 6) is -0.959. The van der Waals surface area contributed by atoms with Crippen molar-refractivity contribution in [3.63, 3.8) is 0 Å². The highest BCUT2D eigenvalue weighted by Gasteiger charge is 2.22. The van der Waals surface area contributed by atoms with Gasteiger partial charge in [0.1, 0.15) is 0 Å². The van der Waals surface area contributed by atoms with E-state index < -0.39 is 0 Å². The zero-order chi connectivity index (χ0) is 54.8. The molecule has 2 amide bonds. The van der Waals surface area contributed by atoms with Crippen LogP contribution in [0.25, 0.3) is 0 Å². The molecule has 0 aromatic rings. The number of unbranched alkanes of at least 4 members (excludes halogenated alkanes) is 4. The van der Waals surface area contributed by atoms with Gasteiger partial charge in [0.05, 0.1) is 46.0 Å². The third-order valence-electron chi connectivity index (χ3n) is 13.1. The van der Waals surface area contributed by atoms with Gasteiger partial charge in [0.2, 0.25) is 11.8 Å². The van der Waals surface area contributed by atoms with Gasteiger partial charge in [-0.15, -0.1) is 0 Å². The van der Waals surface area contributed by atoms with Crippen LogP contribution in [0, 0.1) is 0 Å². The van der Waals surface area contributed by atoms with Crippen molar-refractivity contribution in [2.24, 2.45) is 0 Å². The Balaban J connectivity index is 2.41. The van der Waals surface area contributed by atoms with E-state index >= 15 is 0 Å². The van der Waals surface area contributed by atoms with E-state index in [9.17, 15) is 24.0 Å². The van der Waals surface area contributed by atoms with Crippen molar-refractivity contribution >= 4 is 29.7 Å². The van der Waals surface area contributed by atoms with Gasteiger partial charge in [0, 0.05) is 71.9 Å². The molecule has 0 bridgehead atoms. The molecule has 14 nitrogen and oxygen atoms in total. The molecule has 0 aromatic carbocycles. The molecule has 0 unspecified atom stereocenters. The van der Waals surface area contributed by atoms with Crippen molar-refractivity contribution in [3.05, 3.63) is 69.9 Å². The molecule has 0 atom stereocenters. The van der Waals surface area contributed by atoms with Crippen molar-refractivity contribution < 1.29 is 38.2 Å². The van der Waals surface area contributed by atoms with E-state index in [0.717, 1.165) is 96.3 Å². The van der Waals surface area contributed by atoms with Gasteiger partial charge in [-0.3, -0.25) is 43.6 Å². The zero-order valence-electron chi connectivity index (χ0n) is 48.4. The van der Waals surface area contributed by atoms with Gasteiger partial charge in [-0.1, -0.05) is 82.7 Å². The van der Waals surface area contributed by atoms with E-state index in [-0.39, 0.29) is 75.7 Å². The van der Waals surface area contributed by atoms with Crippen molar-refractivity contribution in [1.82, 2.24) is 30.2 Å². The summed E-state index contributed by atoms with van der Waals surface area (Å²) in [5.41, 5.74) is 8.54. The molecule has 0 radical (unpaired) electrons. The quantitative estimate of drug-likeness (QED) is 0.0266. The third kappa shape index (κ3) is 39.1. The van der Waals surface area contributed by atoms with Gasteiger partial charge >= 0.3 is 17.9 Å². The number of carbonyl (C=O) groups excluding carboxylic acids is 5. The normalized spacial score (nSPS) is 15.7. The minimum Gasteiger partial charge on any atom is -0.465 e. The summed E-state index contributed by atoms with van der Waals surface area (Å²) >= 11 is 0. The minimum absolute atomic E-state index is 0.0793. The SMILES string of the molecule is CCOC(=O)CN1CCN(CC(=O)NCCCCCCNC(=O)CC/C(C)=C/CC/C(C)=C/CC/C(C)=C/CC/C=C(\C)CC/C=C(\C)CCC=C(C)C)CCN(CC(=O)OCC)CCN(CC(=O)OCC)CC1. The molecular formula is C60H104N6O8. The van der Waals surface area contributed by atoms with Gasteiger partial charge in [0.25, 0.3) is 0 Å². The van der Waals surface area contributed by atoms with Crippen LogP contribution >= 0.6 is 0 Å².